The molecule has 1 fully saturated rings. The van der Waals surface area contributed by atoms with Gasteiger partial charge in [-0.1, -0.05) is 53.0 Å². The SMILES string of the molecule is C=C(C)C(C(=O)OCC(Cl)(Cl)Cl)N1C(=O)C(NC(=O)OCc2ccc([N+](=O)[O-])cc2)C1Cl. The topological polar surface area (TPSA) is 128 Å². The lowest BCUT2D eigenvalue weighted by atomic mass is 9.99. The van der Waals surface area contributed by atoms with E-state index in [1.54, 1.807) is 0 Å². The van der Waals surface area contributed by atoms with E-state index in [4.69, 9.17) is 55.9 Å². The van der Waals surface area contributed by atoms with Gasteiger partial charge in [0.25, 0.3) is 11.6 Å². The van der Waals surface area contributed by atoms with Crippen molar-refractivity contribution in [2.45, 2.75) is 34.9 Å². The quantitative estimate of drug-likeness (QED) is 0.104. The molecule has 2 amide bonds. The summed E-state index contributed by atoms with van der Waals surface area (Å²) in [5.41, 5.74) is -0.467. The summed E-state index contributed by atoms with van der Waals surface area (Å²) in [4.78, 5) is 47.9. The highest BCUT2D eigenvalue weighted by Gasteiger charge is 2.53. The van der Waals surface area contributed by atoms with Gasteiger partial charge in [-0.3, -0.25) is 14.9 Å². The number of rotatable bonds is 8. The van der Waals surface area contributed by atoms with Gasteiger partial charge in [0, 0.05) is 12.1 Å². The van der Waals surface area contributed by atoms with Crippen LogP contribution in [0.2, 0.25) is 0 Å². The molecule has 0 aromatic heterocycles. The van der Waals surface area contributed by atoms with Gasteiger partial charge in [0.05, 0.1) is 4.92 Å². The van der Waals surface area contributed by atoms with Gasteiger partial charge in [-0.2, -0.15) is 0 Å². The molecule has 0 bridgehead atoms. The van der Waals surface area contributed by atoms with Gasteiger partial charge < -0.3 is 19.7 Å². The van der Waals surface area contributed by atoms with Gasteiger partial charge in [0.1, 0.15) is 24.8 Å². The summed E-state index contributed by atoms with van der Waals surface area (Å²) in [6.07, 6.45) is -0.947. The normalized spacial score (nSPS) is 18.9. The van der Waals surface area contributed by atoms with Gasteiger partial charge in [0.2, 0.25) is 3.79 Å². The zero-order valence-electron chi connectivity index (χ0n) is 16.4. The molecule has 174 valence electrons. The van der Waals surface area contributed by atoms with Crippen LogP contribution < -0.4 is 5.32 Å². The van der Waals surface area contributed by atoms with E-state index in [0.717, 1.165) is 4.90 Å². The van der Waals surface area contributed by atoms with Crippen LogP contribution in [-0.2, 0) is 25.7 Å². The Hall–Kier alpha value is -2.27. The number of benzene rings is 1. The van der Waals surface area contributed by atoms with Crippen LogP contribution in [0.15, 0.2) is 36.4 Å². The Labute approximate surface area is 202 Å². The van der Waals surface area contributed by atoms with Crippen LogP contribution in [0.4, 0.5) is 10.5 Å². The number of nitro groups is 1. The first kappa shape index (κ1) is 26.0. The van der Waals surface area contributed by atoms with Crippen molar-refractivity contribution < 1.29 is 28.8 Å². The fourth-order valence-electron chi connectivity index (χ4n) is 2.69. The van der Waals surface area contributed by atoms with Gasteiger partial charge in [-0.25, -0.2) is 9.59 Å². The Kier molecular flexibility index (Phi) is 8.58. The third-order valence-corrected chi connectivity index (χ3v) is 4.99. The molecule has 2 rings (SSSR count). The van der Waals surface area contributed by atoms with Crippen molar-refractivity contribution in [2.75, 3.05) is 6.61 Å². The Bertz CT molecular complexity index is 920. The summed E-state index contributed by atoms with van der Waals surface area (Å²) >= 11 is 22.9. The number of alkyl carbamates (subject to hydrolysis) is 1. The molecule has 0 saturated carbocycles. The first-order valence-electron chi connectivity index (χ1n) is 8.83. The molecule has 1 aliphatic rings. The summed E-state index contributed by atoms with van der Waals surface area (Å²) in [5, 5.41) is 12.9. The largest absolute Gasteiger partial charge is 0.459 e. The number of halogens is 4. The third kappa shape index (κ3) is 6.61. The second kappa shape index (κ2) is 10.6. The Morgan fingerprint density at radius 3 is 2.34 bits per heavy atom. The zero-order valence-corrected chi connectivity index (χ0v) is 19.5. The van der Waals surface area contributed by atoms with E-state index in [1.807, 2.05) is 0 Å². The molecule has 1 aliphatic heterocycles. The van der Waals surface area contributed by atoms with Gasteiger partial charge >= 0.3 is 12.1 Å². The van der Waals surface area contributed by atoms with Gasteiger partial charge in [0.15, 0.2) is 6.04 Å². The Balaban J connectivity index is 1.92. The number of hydrogen-bond acceptors (Lipinski definition) is 7. The molecule has 3 atom stereocenters. The predicted octanol–water partition coefficient (Wildman–Crippen LogP) is 3.45. The van der Waals surface area contributed by atoms with E-state index in [0.29, 0.717) is 5.56 Å². The van der Waals surface area contributed by atoms with Gasteiger partial charge in [-0.15, -0.1) is 0 Å². The fraction of sp³-hybridized carbons (Fsp3) is 0.389. The molecular weight excluding hydrogens is 512 g/mol. The average Bonchev–Trinajstić information content (AvgIpc) is 2.71. The molecule has 1 saturated heterocycles. The minimum Gasteiger partial charge on any atom is -0.459 e. The molecule has 0 radical (unpaired) electrons. The van der Waals surface area contributed by atoms with Crippen molar-refractivity contribution in [3.63, 3.8) is 0 Å². The molecule has 32 heavy (non-hydrogen) atoms. The van der Waals surface area contributed by atoms with Crippen LogP contribution in [0, 0.1) is 10.1 Å². The number of carbonyl (C=O) groups is 3. The van der Waals surface area contributed by atoms with E-state index in [1.165, 1.54) is 31.2 Å². The first-order valence-corrected chi connectivity index (χ1v) is 10.4. The van der Waals surface area contributed by atoms with Crippen LogP contribution >= 0.6 is 46.4 Å². The molecule has 1 aromatic carbocycles. The van der Waals surface area contributed by atoms with Crippen LogP contribution in [0.5, 0.6) is 0 Å². The number of amides is 2. The van der Waals surface area contributed by atoms with Crippen molar-refractivity contribution in [3.05, 3.63) is 52.1 Å². The highest BCUT2D eigenvalue weighted by Crippen LogP contribution is 2.31. The fourth-order valence-corrected chi connectivity index (χ4v) is 3.24. The number of nitrogens with one attached hydrogen (secondary N) is 1. The molecule has 0 aliphatic carbocycles. The molecule has 14 heteroatoms. The number of alkyl halides is 4. The maximum atomic E-state index is 12.5. The second-order valence-corrected chi connectivity index (χ2v) is 9.67. The second-order valence-electron chi connectivity index (χ2n) is 6.71. The summed E-state index contributed by atoms with van der Waals surface area (Å²) in [5.74, 6) is -1.57. The lowest BCUT2D eigenvalue weighted by Crippen LogP contribution is -2.72. The molecule has 1 aromatic rings. The standard InChI is InChI=1S/C18H17Cl4N3O7/c1-9(2)13(16(27)32-8-18(20,21)22)24-14(19)12(15(24)26)23-17(28)31-7-10-3-5-11(6-4-10)25(29)30/h3-6,12-14H,1,7-8H2,2H3,(H,23,28). The molecule has 10 nitrogen and oxygen atoms in total. The Morgan fingerprint density at radius 2 is 1.88 bits per heavy atom. The molecule has 1 heterocycles. The molecular formula is C18H17Cl4N3O7. The maximum Gasteiger partial charge on any atom is 0.408 e. The maximum absolute atomic E-state index is 12.5. The van der Waals surface area contributed by atoms with Crippen molar-refractivity contribution in [1.29, 1.82) is 0 Å². The molecule has 3 unspecified atom stereocenters. The summed E-state index contributed by atoms with van der Waals surface area (Å²) in [6, 6.07) is 2.96. The van der Waals surface area contributed by atoms with Crippen LogP contribution in [0.3, 0.4) is 0 Å². The number of ether oxygens (including phenoxy) is 2. The molecule has 1 N–H and O–H groups in total. The predicted molar refractivity (Wildman–Crippen MR) is 117 cm³/mol. The summed E-state index contributed by atoms with van der Waals surface area (Å²) in [7, 11) is 0. The van der Waals surface area contributed by atoms with Crippen LogP contribution in [0.1, 0.15) is 12.5 Å². The van der Waals surface area contributed by atoms with E-state index >= 15 is 0 Å². The number of hydrogen-bond donors (Lipinski definition) is 1. The number of β-lactam (4-membered cyclic amide) rings is 1. The number of likely N-dealkylation sites (tertiary alicyclic amines) is 1. The van der Waals surface area contributed by atoms with E-state index in [-0.39, 0.29) is 17.9 Å². The van der Waals surface area contributed by atoms with Crippen LogP contribution in [-0.4, -0.2) is 55.8 Å². The minimum atomic E-state index is -1.84. The van der Waals surface area contributed by atoms with Gasteiger partial charge in [-0.05, 0) is 30.2 Å². The highest BCUT2D eigenvalue weighted by atomic mass is 35.6. The monoisotopic (exact) mass is 527 g/mol. The number of nitrogens with zero attached hydrogens (tertiary/aromatic N) is 2. The van der Waals surface area contributed by atoms with Crippen molar-refractivity contribution in [1.82, 2.24) is 10.2 Å². The summed E-state index contributed by atoms with van der Waals surface area (Å²) in [6.45, 7) is 4.39. The van der Waals surface area contributed by atoms with E-state index in [2.05, 4.69) is 11.9 Å². The number of esters is 1. The lowest BCUT2D eigenvalue weighted by Gasteiger charge is -2.46. The number of non-ortho nitro benzene ring substituents is 1. The first-order chi connectivity index (χ1) is 14.8. The van der Waals surface area contributed by atoms with E-state index in [9.17, 15) is 24.5 Å². The van der Waals surface area contributed by atoms with E-state index < -0.39 is 50.9 Å². The van der Waals surface area contributed by atoms with Crippen molar-refractivity contribution >= 4 is 70.1 Å². The lowest BCUT2D eigenvalue weighted by molar-refractivity contribution is -0.384. The molecule has 0 spiro atoms. The minimum absolute atomic E-state index is 0.109. The number of carbonyl (C=O) groups excluding carboxylic acids is 3. The Morgan fingerprint density at radius 1 is 1.28 bits per heavy atom. The van der Waals surface area contributed by atoms with Crippen molar-refractivity contribution in [2.24, 2.45) is 0 Å². The number of nitro benzene ring substituents is 1. The van der Waals surface area contributed by atoms with Crippen molar-refractivity contribution in [3.8, 4) is 0 Å². The highest BCUT2D eigenvalue weighted by molar-refractivity contribution is 6.67. The third-order valence-electron chi connectivity index (χ3n) is 4.20. The summed E-state index contributed by atoms with van der Waals surface area (Å²) < 4.78 is 8.06. The smallest absolute Gasteiger partial charge is 0.408 e. The zero-order chi connectivity index (χ0) is 24.2. The van der Waals surface area contributed by atoms with Crippen LogP contribution in [0.25, 0.3) is 0 Å². The average molecular weight is 529 g/mol.